The third-order valence-corrected chi connectivity index (χ3v) is 5.21. The molecule has 20 heavy (non-hydrogen) atoms. The first-order chi connectivity index (χ1) is 9.60. The highest BCUT2D eigenvalue weighted by atomic mass is 32.2. The molecule has 1 aromatic rings. The van der Waals surface area contributed by atoms with Crippen LogP contribution in [0.4, 0.5) is 5.69 Å². The van der Waals surface area contributed by atoms with E-state index in [9.17, 15) is 9.00 Å². The second-order valence-electron chi connectivity index (χ2n) is 4.88. The molecule has 1 fully saturated rings. The fourth-order valence-electron chi connectivity index (χ4n) is 2.27. The second-order valence-corrected chi connectivity index (χ2v) is 6.54. The molecule has 3 atom stereocenters. The number of carbonyl (C=O) groups is 1. The number of anilines is 1. The Balaban J connectivity index is 1.90. The highest BCUT2D eigenvalue weighted by Gasteiger charge is 2.30. The van der Waals surface area contributed by atoms with Crippen molar-refractivity contribution >= 4 is 22.4 Å². The molecule has 0 aliphatic carbocycles. The molecule has 0 radical (unpaired) electrons. The summed E-state index contributed by atoms with van der Waals surface area (Å²) in [6, 6.07) is 7.34. The van der Waals surface area contributed by atoms with Gasteiger partial charge in [0.05, 0.1) is 11.4 Å². The first-order valence-corrected chi connectivity index (χ1v) is 8.06. The fourth-order valence-corrected chi connectivity index (χ4v) is 3.68. The fraction of sp³-hybridized carbons (Fsp3) is 0.500. The first kappa shape index (κ1) is 15.2. The van der Waals surface area contributed by atoms with Crippen LogP contribution in [0.1, 0.15) is 18.9 Å². The summed E-state index contributed by atoms with van der Waals surface area (Å²) in [5, 5.41) is 2.71. The van der Waals surface area contributed by atoms with Crippen molar-refractivity contribution in [1.29, 1.82) is 0 Å². The summed E-state index contributed by atoms with van der Waals surface area (Å²) in [7, 11) is -1.20. The number of nitrogens with one attached hydrogen (secondary N) is 1. The summed E-state index contributed by atoms with van der Waals surface area (Å²) >= 11 is 0. The third kappa shape index (κ3) is 3.88. The van der Waals surface area contributed by atoms with Gasteiger partial charge in [-0.25, -0.2) is 0 Å². The van der Waals surface area contributed by atoms with E-state index in [2.05, 4.69) is 5.32 Å². The zero-order valence-electron chi connectivity index (χ0n) is 11.5. The Labute approximate surface area is 121 Å². The van der Waals surface area contributed by atoms with Crippen molar-refractivity contribution in [3.05, 3.63) is 29.8 Å². The maximum Gasteiger partial charge on any atom is 0.237 e. The molecule has 6 heteroatoms. The van der Waals surface area contributed by atoms with E-state index in [4.69, 9.17) is 10.5 Å². The number of hydrogen-bond donors (Lipinski definition) is 2. The zero-order chi connectivity index (χ0) is 14.5. The average Bonchev–Trinajstić information content (AvgIpc) is 2.85. The SMILES string of the molecule is CC1OCCC1S(=O)CC(=O)Nc1cccc(CN)c1. The summed E-state index contributed by atoms with van der Waals surface area (Å²) in [6.45, 7) is 2.95. The molecule has 110 valence electrons. The maximum absolute atomic E-state index is 12.1. The van der Waals surface area contributed by atoms with E-state index < -0.39 is 10.8 Å². The molecule has 5 nitrogen and oxygen atoms in total. The minimum Gasteiger partial charge on any atom is -0.377 e. The molecular formula is C14H20N2O3S. The molecule has 1 aliphatic rings. The lowest BCUT2D eigenvalue weighted by Crippen LogP contribution is -2.30. The number of ether oxygens (including phenoxy) is 1. The van der Waals surface area contributed by atoms with Crippen LogP contribution in [0.3, 0.4) is 0 Å². The van der Waals surface area contributed by atoms with Crippen molar-refractivity contribution < 1.29 is 13.7 Å². The zero-order valence-corrected chi connectivity index (χ0v) is 12.3. The van der Waals surface area contributed by atoms with E-state index in [0.29, 0.717) is 18.8 Å². The Kier molecular flexibility index (Phi) is 5.28. The van der Waals surface area contributed by atoms with Crippen molar-refractivity contribution in [2.45, 2.75) is 31.2 Å². The Morgan fingerprint density at radius 1 is 1.55 bits per heavy atom. The van der Waals surface area contributed by atoms with Crippen LogP contribution >= 0.6 is 0 Å². The first-order valence-electron chi connectivity index (χ1n) is 6.68. The van der Waals surface area contributed by atoms with Gasteiger partial charge in [-0.15, -0.1) is 0 Å². The maximum atomic E-state index is 12.1. The Morgan fingerprint density at radius 2 is 2.35 bits per heavy atom. The van der Waals surface area contributed by atoms with Crippen LogP contribution in [0.5, 0.6) is 0 Å². The molecule has 3 unspecified atom stereocenters. The van der Waals surface area contributed by atoms with E-state index >= 15 is 0 Å². The van der Waals surface area contributed by atoms with E-state index in [-0.39, 0.29) is 23.0 Å². The standard InChI is InChI=1S/C14H20N2O3S/c1-10-13(5-6-19-10)20(18)9-14(17)16-12-4-2-3-11(7-12)8-15/h2-4,7,10,13H,5-6,8-9,15H2,1H3,(H,16,17). The monoisotopic (exact) mass is 296 g/mol. The van der Waals surface area contributed by atoms with Crippen LogP contribution in [-0.4, -0.2) is 33.8 Å². The highest BCUT2D eigenvalue weighted by molar-refractivity contribution is 7.86. The van der Waals surface area contributed by atoms with Crippen LogP contribution in [0.15, 0.2) is 24.3 Å². The van der Waals surface area contributed by atoms with E-state index in [1.54, 1.807) is 6.07 Å². The van der Waals surface area contributed by atoms with Gasteiger partial charge in [0.2, 0.25) is 5.91 Å². The van der Waals surface area contributed by atoms with Crippen molar-refractivity contribution in [2.24, 2.45) is 5.73 Å². The molecular weight excluding hydrogens is 276 g/mol. The number of rotatable bonds is 5. The molecule has 1 amide bonds. The summed E-state index contributed by atoms with van der Waals surface area (Å²) in [5.41, 5.74) is 7.18. The summed E-state index contributed by atoms with van der Waals surface area (Å²) in [4.78, 5) is 11.9. The highest BCUT2D eigenvalue weighted by Crippen LogP contribution is 2.19. The number of nitrogens with two attached hydrogens (primary N) is 1. The van der Waals surface area contributed by atoms with Gasteiger partial charge in [-0.2, -0.15) is 0 Å². The van der Waals surface area contributed by atoms with Gasteiger partial charge in [0.25, 0.3) is 0 Å². The lowest BCUT2D eigenvalue weighted by molar-refractivity contribution is -0.113. The number of carbonyl (C=O) groups excluding carboxylic acids is 1. The summed E-state index contributed by atoms with van der Waals surface area (Å²) in [6.07, 6.45) is 0.716. The Bertz CT molecular complexity index is 507. The van der Waals surface area contributed by atoms with Gasteiger partial charge < -0.3 is 15.8 Å². The largest absolute Gasteiger partial charge is 0.377 e. The van der Waals surface area contributed by atoms with Crippen LogP contribution in [-0.2, 0) is 26.9 Å². The molecule has 0 spiro atoms. The normalized spacial score (nSPS) is 23.5. The van der Waals surface area contributed by atoms with Crippen LogP contribution < -0.4 is 11.1 Å². The van der Waals surface area contributed by atoms with Gasteiger partial charge in [-0.3, -0.25) is 9.00 Å². The number of benzene rings is 1. The smallest absolute Gasteiger partial charge is 0.237 e. The molecule has 0 aromatic heterocycles. The van der Waals surface area contributed by atoms with Gasteiger partial charge in [0, 0.05) is 29.6 Å². The van der Waals surface area contributed by atoms with Crippen molar-refractivity contribution in [3.8, 4) is 0 Å². The Hall–Kier alpha value is -1.24. The van der Waals surface area contributed by atoms with Crippen molar-refractivity contribution in [3.63, 3.8) is 0 Å². The molecule has 1 heterocycles. The average molecular weight is 296 g/mol. The van der Waals surface area contributed by atoms with Gasteiger partial charge in [-0.1, -0.05) is 12.1 Å². The predicted octanol–water partition coefficient (Wildman–Crippen LogP) is 1.01. The molecule has 0 bridgehead atoms. The van der Waals surface area contributed by atoms with Crippen LogP contribution in [0.25, 0.3) is 0 Å². The van der Waals surface area contributed by atoms with Gasteiger partial charge in [0.1, 0.15) is 5.75 Å². The van der Waals surface area contributed by atoms with Gasteiger partial charge >= 0.3 is 0 Å². The van der Waals surface area contributed by atoms with E-state index in [0.717, 1.165) is 12.0 Å². The molecule has 1 aliphatic heterocycles. The molecule has 1 saturated heterocycles. The minimum atomic E-state index is -1.20. The molecule has 0 saturated carbocycles. The predicted molar refractivity (Wildman–Crippen MR) is 79.8 cm³/mol. The van der Waals surface area contributed by atoms with Crippen LogP contribution in [0, 0.1) is 0 Å². The lowest BCUT2D eigenvalue weighted by Gasteiger charge is -2.13. The lowest BCUT2D eigenvalue weighted by atomic mass is 10.2. The van der Waals surface area contributed by atoms with Crippen LogP contribution in [0.2, 0.25) is 0 Å². The summed E-state index contributed by atoms with van der Waals surface area (Å²) < 4.78 is 17.5. The number of amides is 1. The van der Waals surface area contributed by atoms with E-state index in [1.807, 2.05) is 25.1 Å². The second kappa shape index (κ2) is 6.97. The quantitative estimate of drug-likeness (QED) is 0.849. The third-order valence-electron chi connectivity index (χ3n) is 3.36. The number of hydrogen-bond acceptors (Lipinski definition) is 4. The van der Waals surface area contributed by atoms with Gasteiger partial charge in [-0.05, 0) is 31.0 Å². The Morgan fingerprint density at radius 3 is 3.00 bits per heavy atom. The molecule has 3 N–H and O–H groups in total. The van der Waals surface area contributed by atoms with Gasteiger partial charge in [0.15, 0.2) is 0 Å². The molecule has 2 rings (SSSR count). The topological polar surface area (TPSA) is 81.4 Å². The minimum absolute atomic E-state index is 0.00518. The van der Waals surface area contributed by atoms with Crippen molar-refractivity contribution in [1.82, 2.24) is 0 Å². The van der Waals surface area contributed by atoms with Crippen molar-refractivity contribution in [2.75, 3.05) is 17.7 Å². The van der Waals surface area contributed by atoms with E-state index in [1.165, 1.54) is 0 Å². The molecule has 1 aromatic carbocycles. The summed E-state index contributed by atoms with van der Waals surface area (Å²) in [5.74, 6) is -0.234.